The minimum absolute atomic E-state index is 0.0439. The molecule has 70 valence electrons. The van der Waals surface area contributed by atoms with Gasteiger partial charge in [-0.25, -0.2) is 9.18 Å². The number of benzene rings is 1. The minimum atomic E-state index is -1.16. The largest absolute Gasteiger partial charge is 0.478 e. The van der Waals surface area contributed by atoms with Crippen molar-refractivity contribution in [3.63, 3.8) is 0 Å². The molecule has 0 spiro atoms. The quantitative estimate of drug-likeness (QED) is 0.695. The number of hydrogen-bond donors (Lipinski definition) is 2. The van der Waals surface area contributed by atoms with Gasteiger partial charge in [-0.05, 0) is 12.1 Å². The monoisotopic (exact) mass is 185 g/mol. The summed E-state index contributed by atoms with van der Waals surface area (Å²) in [5.74, 6) is -1.12. The fraction of sp³-hybridized carbons (Fsp3) is 0.125. The molecule has 3 N–H and O–H groups in total. The highest BCUT2D eigenvalue weighted by Gasteiger charge is 2.11. The Bertz CT molecular complexity index is 327. The molecule has 0 unspecified atom stereocenters. The third-order valence-electron chi connectivity index (χ3n) is 1.51. The number of halogens is 1. The molecule has 4 nitrogen and oxygen atoms in total. The molecule has 0 fully saturated rings. The normalized spacial score (nSPS) is 9.62. The van der Waals surface area contributed by atoms with Gasteiger partial charge in [0.2, 0.25) is 6.86 Å². The van der Waals surface area contributed by atoms with Crippen LogP contribution in [0.2, 0.25) is 0 Å². The Balaban J connectivity index is 3.10. The number of rotatable bonds is 3. The topological polar surface area (TPSA) is 72.5 Å². The molecule has 0 radical (unpaired) electrons. The van der Waals surface area contributed by atoms with Gasteiger partial charge in [-0.2, -0.15) is 0 Å². The standard InChI is InChI=1S/C8H8FNO3/c9-4-13-6-3-1-2-5(7(6)10)8(11)12/h1-3H,4,10H2,(H,11,12). The summed E-state index contributed by atoms with van der Waals surface area (Å²) in [6, 6.07) is 4.16. The minimum Gasteiger partial charge on any atom is -0.478 e. The lowest BCUT2D eigenvalue weighted by atomic mass is 10.2. The molecule has 0 aliphatic heterocycles. The van der Waals surface area contributed by atoms with E-state index >= 15 is 0 Å². The fourth-order valence-corrected chi connectivity index (χ4v) is 0.915. The fourth-order valence-electron chi connectivity index (χ4n) is 0.915. The maximum Gasteiger partial charge on any atom is 0.337 e. The van der Waals surface area contributed by atoms with Crippen molar-refractivity contribution >= 4 is 11.7 Å². The maximum absolute atomic E-state index is 11.8. The SMILES string of the molecule is Nc1c(OCF)cccc1C(=O)O. The number of hydrogen-bond acceptors (Lipinski definition) is 3. The van der Waals surface area contributed by atoms with E-state index in [1.165, 1.54) is 18.2 Å². The van der Waals surface area contributed by atoms with Crippen molar-refractivity contribution in [3.05, 3.63) is 23.8 Å². The van der Waals surface area contributed by atoms with Gasteiger partial charge in [0.05, 0.1) is 11.3 Å². The van der Waals surface area contributed by atoms with Crippen molar-refractivity contribution in [1.29, 1.82) is 0 Å². The molecule has 0 heterocycles. The van der Waals surface area contributed by atoms with E-state index in [1.807, 2.05) is 0 Å². The lowest BCUT2D eigenvalue weighted by Crippen LogP contribution is -2.04. The van der Waals surface area contributed by atoms with Crippen molar-refractivity contribution in [2.45, 2.75) is 0 Å². The summed E-state index contributed by atoms with van der Waals surface area (Å²) in [6.45, 7) is -1.03. The molecule has 0 bridgehead atoms. The average Bonchev–Trinajstić information content (AvgIpc) is 2.08. The maximum atomic E-state index is 11.8. The highest BCUT2D eigenvalue weighted by atomic mass is 19.1. The van der Waals surface area contributed by atoms with Crippen LogP contribution in [0, 0.1) is 0 Å². The Labute approximate surface area is 73.7 Å². The third-order valence-corrected chi connectivity index (χ3v) is 1.51. The summed E-state index contributed by atoms with van der Waals surface area (Å²) in [5.41, 5.74) is 5.24. The van der Waals surface area contributed by atoms with E-state index in [2.05, 4.69) is 4.74 Å². The summed E-state index contributed by atoms with van der Waals surface area (Å²) in [4.78, 5) is 10.5. The van der Waals surface area contributed by atoms with E-state index in [1.54, 1.807) is 0 Å². The summed E-state index contributed by atoms with van der Waals surface area (Å²) < 4.78 is 16.2. The smallest absolute Gasteiger partial charge is 0.337 e. The molecule has 0 atom stereocenters. The number of nitrogens with two attached hydrogens (primary N) is 1. The van der Waals surface area contributed by atoms with Crippen LogP contribution in [0.4, 0.5) is 10.1 Å². The number of anilines is 1. The Hall–Kier alpha value is -1.78. The van der Waals surface area contributed by atoms with E-state index in [-0.39, 0.29) is 17.0 Å². The lowest BCUT2D eigenvalue weighted by molar-refractivity contribution is 0.0697. The number of para-hydroxylation sites is 1. The van der Waals surface area contributed by atoms with Gasteiger partial charge in [-0.15, -0.1) is 0 Å². The Morgan fingerprint density at radius 1 is 1.62 bits per heavy atom. The second kappa shape index (κ2) is 3.75. The number of carbonyl (C=O) groups is 1. The van der Waals surface area contributed by atoms with Crippen molar-refractivity contribution in [1.82, 2.24) is 0 Å². The predicted octanol–water partition coefficient (Wildman–Crippen LogP) is 1.27. The van der Waals surface area contributed by atoms with Crippen molar-refractivity contribution in [2.24, 2.45) is 0 Å². The lowest BCUT2D eigenvalue weighted by Gasteiger charge is -2.06. The van der Waals surface area contributed by atoms with E-state index in [0.717, 1.165) is 0 Å². The molecular formula is C8H8FNO3. The van der Waals surface area contributed by atoms with Gasteiger partial charge in [0.1, 0.15) is 5.75 Å². The summed E-state index contributed by atoms with van der Waals surface area (Å²) in [6.07, 6.45) is 0. The number of nitrogen functional groups attached to an aromatic ring is 1. The van der Waals surface area contributed by atoms with Gasteiger partial charge in [0.15, 0.2) is 0 Å². The number of alkyl halides is 1. The van der Waals surface area contributed by atoms with Gasteiger partial charge < -0.3 is 15.6 Å². The van der Waals surface area contributed by atoms with Crippen LogP contribution >= 0.6 is 0 Å². The van der Waals surface area contributed by atoms with Crippen LogP contribution in [0.15, 0.2) is 18.2 Å². The van der Waals surface area contributed by atoms with Gasteiger partial charge >= 0.3 is 5.97 Å². The zero-order valence-electron chi connectivity index (χ0n) is 6.66. The van der Waals surface area contributed by atoms with Gasteiger partial charge in [0.25, 0.3) is 0 Å². The van der Waals surface area contributed by atoms with Gasteiger partial charge in [-0.3, -0.25) is 0 Å². The van der Waals surface area contributed by atoms with E-state index < -0.39 is 12.8 Å². The van der Waals surface area contributed by atoms with Crippen LogP contribution in [0.1, 0.15) is 10.4 Å². The molecule has 1 aromatic carbocycles. The van der Waals surface area contributed by atoms with Crippen molar-refractivity contribution in [2.75, 3.05) is 12.6 Å². The van der Waals surface area contributed by atoms with E-state index in [4.69, 9.17) is 10.8 Å². The van der Waals surface area contributed by atoms with Crippen LogP contribution in [-0.4, -0.2) is 17.9 Å². The molecule has 0 aliphatic carbocycles. The molecule has 0 saturated heterocycles. The summed E-state index contributed by atoms with van der Waals surface area (Å²) >= 11 is 0. The molecule has 0 aliphatic rings. The summed E-state index contributed by atoms with van der Waals surface area (Å²) in [7, 11) is 0. The Morgan fingerprint density at radius 2 is 2.31 bits per heavy atom. The highest BCUT2D eigenvalue weighted by molar-refractivity contribution is 5.95. The molecule has 5 heteroatoms. The zero-order chi connectivity index (χ0) is 9.84. The van der Waals surface area contributed by atoms with E-state index in [9.17, 15) is 9.18 Å². The molecular weight excluding hydrogens is 177 g/mol. The number of aromatic carboxylic acids is 1. The first-order chi connectivity index (χ1) is 6.16. The predicted molar refractivity (Wildman–Crippen MR) is 44.4 cm³/mol. The third kappa shape index (κ3) is 1.87. The first kappa shape index (κ1) is 9.31. The van der Waals surface area contributed by atoms with Gasteiger partial charge in [0, 0.05) is 0 Å². The van der Waals surface area contributed by atoms with Gasteiger partial charge in [-0.1, -0.05) is 6.07 Å². The zero-order valence-corrected chi connectivity index (χ0v) is 6.66. The molecule has 13 heavy (non-hydrogen) atoms. The van der Waals surface area contributed by atoms with Crippen LogP contribution in [0.3, 0.4) is 0 Å². The Kier molecular flexibility index (Phi) is 2.69. The van der Waals surface area contributed by atoms with Crippen LogP contribution in [0.25, 0.3) is 0 Å². The molecule has 0 saturated carbocycles. The molecule has 0 aromatic heterocycles. The van der Waals surface area contributed by atoms with Crippen molar-refractivity contribution < 1.29 is 19.0 Å². The van der Waals surface area contributed by atoms with Crippen LogP contribution in [0.5, 0.6) is 5.75 Å². The second-order valence-electron chi connectivity index (χ2n) is 2.28. The van der Waals surface area contributed by atoms with Crippen LogP contribution in [-0.2, 0) is 0 Å². The number of carboxylic acid groups (broad SMARTS) is 1. The first-order valence-electron chi connectivity index (χ1n) is 3.47. The first-order valence-corrected chi connectivity index (χ1v) is 3.47. The van der Waals surface area contributed by atoms with Crippen molar-refractivity contribution in [3.8, 4) is 5.75 Å². The summed E-state index contributed by atoms with van der Waals surface area (Å²) in [5, 5.41) is 8.63. The molecule has 1 aromatic rings. The second-order valence-corrected chi connectivity index (χ2v) is 2.28. The number of carboxylic acids is 1. The highest BCUT2D eigenvalue weighted by Crippen LogP contribution is 2.24. The molecule has 1 rings (SSSR count). The number of ether oxygens (including phenoxy) is 1. The Morgan fingerprint density at radius 3 is 2.85 bits per heavy atom. The van der Waals surface area contributed by atoms with Crippen LogP contribution < -0.4 is 10.5 Å². The molecule has 0 amide bonds. The average molecular weight is 185 g/mol. The van der Waals surface area contributed by atoms with E-state index in [0.29, 0.717) is 0 Å².